The van der Waals surface area contributed by atoms with Gasteiger partial charge in [-0.2, -0.15) is 4.98 Å². The molecule has 0 bridgehead atoms. The second-order valence-electron chi connectivity index (χ2n) is 9.04. The highest BCUT2D eigenvalue weighted by atomic mass is 35.5. The van der Waals surface area contributed by atoms with Gasteiger partial charge in [-0.05, 0) is 49.1 Å². The fraction of sp³-hybridized carbons (Fsp3) is 0.296. The molecular formula is C27H26Cl2N4O2S. The highest BCUT2D eigenvalue weighted by Gasteiger charge is 2.22. The van der Waals surface area contributed by atoms with Crippen molar-refractivity contribution in [2.24, 2.45) is 0 Å². The largest absolute Gasteiger partial charge is 0.360 e. The highest BCUT2D eigenvalue weighted by molar-refractivity contribution is 7.98. The molecule has 5 rings (SSSR count). The molecule has 2 aromatic carbocycles. The summed E-state index contributed by atoms with van der Waals surface area (Å²) in [6.45, 7) is 4.87. The number of thioether (sulfide) groups is 1. The van der Waals surface area contributed by atoms with Crippen LogP contribution in [-0.2, 0) is 12.3 Å². The molecule has 0 saturated carbocycles. The number of aryl methyl sites for hydroxylation is 1. The Morgan fingerprint density at radius 2 is 1.78 bits per heavy atom. The molecule has 6 nitrogen and oxygen atoms in total. The summed E-state index contributed by atoms with van der Waals surface area (Å²) < 4.78 is 7.30. The molecule has 36 heavy (non-hydrogen) atoms. The van der Waals surface area contributed by atoms with Crippen LogP contribution in [-0.4, -0.2) is 32.7 Å². The molecule has 3 heterocycles. The summed E-state index contributed by atoms with van der Waals surface area (Å²) in [5.74, 6) is 1.19. The fourth-order valence-corrected chi connectivity index (χ4v) is 5.88. The number of likely N-dealkylation sites (tertiary alicyclic amines) is 1. The van der Waals surface area contributed by atoms with Gasteiger partial charge < -0.3 is 4.52 Å². The van der Waals surface area contributed by atoms with Crippen molar-refractivity contribution in [3.8, 4) is 11.3 Å². The van der Waals surface area contributed by atoms with Crippen LogP contribution in [0.2, 0.25) is 10.0 Å². The van der Waals surface area contributed by atoms with E-state index < -0.39 is 0 Å². The lowest BCUT2D eigenvalue weighted by Crippen LogP contribution is -2.37. The maximum absolute atomic E-state index is 12.9. The number of piperidine rings is 1. The summed E-state index contributed by atoms with van der Waals surface area (Å²) in [7, 11) is 0. The second kappa shape index (κ2) is 11.2. The van der Waals surface area contributed by atoms with Gasteiger partial charge in [0.05, 0.1) is 5.75 Å². The number of aromatic nitrogens is 3. The van der Waals surface area contributed by atoms with Crippen molar-refractivity contribution in [2.45, 2.75) is 43.1 Å². The standard InChI is InChI=1S/C27H26Cl2N4O2S/c1-18-15-33(23-7-9-32(10-8-23)16-19-5-3-2-4-6-19)27(34)30-26(18)36-17-24-14-25(31-35-24)20-11-21(28)13-22(29)12-20/h2-6,11-15,23H,7-10,16-17H2,1H3. The van der Waals surface area contributed by atoms with Gasteiger partial charge in [-0.3, -0.25) is 9.47 Å². The van der Waals surface area contributed by atoms with Crippen LogP contribution in [0.1, 0.15) is 35.8 Å². The van der Waals surface area contributed by atoms with Crippen molar-refractivity contribution >= 4 is 35.0 Å². The summed E-state index contributed by atoms with van der Waals surface area (Å²) in [5, 5.41) is 5.92. The van der Waals surface area contributed by atoms with Gasteiger partial charge in [0, 0.05) is 53.5 Å². The van der Waals surface area contributed by atoms with Crippen molar-refractivity contribution in [3.63, 3.8) is 0 Å². The molecule has 4 aromatic rings. The molecule has 0 spiro atoms. The van der Waals surface area contributed by atoms with Crippen LogP contribution >= 0.6 is 35.0 Å². The number of hydrogen-bond acceptors (Lipinski definition) is 6. The van der Waals surface area contributed by atoms with Gasteiger partial charge >= 0.3 is 5.69 Å². The van der Waals surface area contributed by atoms with E-state index in [1.165, 1.54) is 17.3 Å². The molecular weight excluding hydrogens is 515 g/mol. The third kappa shape index (κ3) is 6.03. The van der Waals surface area contributed by atoms with Crippen molar-refractivity contribution in [2.75, 3.05) is 13.1 Å². The molecule has 1 saturated heterocycles. The normalized spacial score (nSPS) is 14.9. The molecule has 0 amide bonds. The first-order valence-electron chi connectivity index (χ1n) is 11.9. The van der Waals surface area contributed by atoms with E-state index in [0.717, 1.165) is 43.6 Å². The van der Waals surface area contributed by atoms with E-state index in [1.54, 1.807) is 18.2 Å². The Bertz CT molecular complexity index is 1380. The van der Waals surface area contributed by atoms with E-state index in [9.17, 15) is 4.79 Å². The van der Waals surface area contributed by atoms with Gasteiger partial charge in [0.2, 0.25) is 0 Å². The Morgan fingerprint density at radius 3 is 2.50 bits per heavy atom. The molecule has 1 fully saturated rings. The monoisotopic (exact) mass is 540 g/mol. The summed E-state index contributed by atoms with van der Waals surface area (Å²) in [4.78, 5) is 19.7. The first-order chi connectivity index (χ1) is 17.4. The molecule has 9 heteroatoms. The Hall–Kier alpha value is -2.58. The molecule has 0 atom stereocenters. The minimum absolute atomic E-state index is 0.177. The Kier molecular flexibility index (Phi) is 7.82. The summed E-state index contributed by atoms with van der Waals surface area (Å²) >= 11 is 13.7. The van der Waals surface area contributed by atoms with Gasteiger partial charge in [0.1, 0.15) is 16.5 Å². The van der Waals surface area contributed by atoms with Gasteiger partial charge in [0.25, 0.3) is 0 Å². The van der Waals surface area contributed by atoms with Crippen LogP contribution < -0.4 is 5.69 Å². The Balaban J connectivity index is 1.20. The number of nitrogens with zero attached hydrogens (tertiary/aromatic N) is 4. The smallest absolute Gasteiger partial charge is 0.348 e. The maximum Gasteiger partial charge on any atom is 0.348 e. The van der Waals surface area contributed by atoms with Crippen LogP contribution in [0.25, 0.3) is 11.3 Å². The number of rotatable bonds is 7. The van der Waals surface area contributed by atoms with Crippen LogP contribution in [0.15, 0.2) is 75.1 Å². The Morgan fingerprint density at radius 1 is 1.06 bits per heavy atom. The zero-order chi connectivity index (χ0) is 25.1. The van der Waals surface area contributed by atoms with Gasteiger partial charge in [-0.25, -0.2) is 4.79 Å². The lowest BCUT2D eigenvalue weighted by molar-refractivity contribution is 0.176. The Labute approximate surface area is 224 Å². The topological polar surface area (TPSA) is 64.2 Å². The second-order valence-corrected chi connectivity index (χ2v) is 10.9. The maximum atomic E-state index is 12.9. The molecule has 0 radical (unpaired) electrons. The molecule has 1 aliphatic rings. The van der Waals surface area contributed by atoms with Gasteiger partial charge in [0.15, 0.2) is 0 Å². The minimum Gasteiger partial charge on any atom is -0.360 e. The zero-order valence-electron chi connectivity index (χ0n) is 19.9. The van der Waals surface area contributed by atoms with Crippen molar-refractivity contribution in [1.82, 2.24) is 19.6 Å². The van der Waals surface area contributed by atoms with E-state index in [0.29, 0.717) is 32.3 Å². The molecule has 0 N–H and O–H groups in total. The molecule has 2 aromatic heterocycles. The molecule has 0 aliphatic carbocycles. The van der Waals surface area contributed by atoms with Crippen molar-refractivity contribution in [1.29, 1.82) is 0 Å². The first kappa shape index (κ1) is 25.1. The summed E-state index contributed by atoms with van der Waals surface area (Å²) in [6.07, 6.45) is 3.83. The lowest BCUT2D eigenvalue weighted by Gasteiger charge is -2.32. The van der Waals surface area contributed by atoms with E-state index in [-0.39, 0.29) is 11.7 Å². The van der Waals surface area contributed by atoms with E-state index >= 15 is 0 Å². The molecule has 1 aliphatic heterocycles. The van der Waals surface area contributed by atoms with Crippen molar-refractivity contribution in [3.05, 3.63) is 98.2 Å². The highest BCUT2D eigenvalue weighted by Crippen LogP contribution is 2.30. The predicted molar refractivity (Wildman–Crippen MR) is 145 cm³/mol. The third-order valence-electron chi connectivity index (χ3n) is 6.36. The number of halogens is 2. The average Bonchev–Trinajstić information content (AvgIpc) is 3.34. The van der Waals surface area contributed by atoms with E-state index in [4.69, 9.17) is 27.7 Å². The molecule has 0 unspecified atom stereocenters. The van der Waals surface area contributed by atoms with Crippen LogP contribution in [0.3, 0.4) is 0 Å². The molecule has 186 valence electrons. The third-order valence-corrected chi connectivity index (χ3v) is 7.91. The first-order valence-corrected chi connectivity index (χ1v) is 13.6. The van der Waals surface area contributed by atoms with E-state index in [1.807, 2.05) is 29.8 Å². The fourth-order valence-electron chi connectivity index (χ4n) is 4.52. The predicted octanol–water partition coefficient (Wildman–Crippen LogP) is 6.64. The summed E-state index contributed by atoms with van der Waals surface area (Å²) in [5.41, 5.74) is 3.55. The van der Waals surface area contributed by atoms with Crippen LogP contribution in [0.4, 0.5) is 0 Å². The SMILES string of the molecule is Cc1cn(C2CCN(Cc3ccccc3)CC2)c(=O)nc1SCc1cc(-c2cc(Cl)cc(Cl)c2)no1. The van der Waals surface area contributed by atoms with Crippen LogP contribution in [0, 0.1) is 6.92 Å². The average molecular weight is 542 g/mol. The quantitative estimate of drug-likeness (QED) is 0.193. The van der Waals surface area contributed by atoms with Gasteiger partial charge in [-0.15, -0.1) is 0 Å². The van der Waals surface area contributed by atoms with Gasteiger partial charge in [-0.1, -0.05) is 70.5 Å². The van der Waals surface area contributed by atoms with Crippen molar-refractivity contribution < 1.29 is 4.52 Å². The zero-order valence-corrected chi connectivity index (χ0v) is 22.2. The lowest BCUT2D eigenvalue weighted by atomic mass is 10.0. The number of hydrogen-bond donors (Lipinski definition) is 0. The number of benzene rings is 2. The van der Waals surface area contributed by atoms with Crippen LogP contribution in [0.5, 0.6) is 0 Å². The minimum atomic E-state index is -0.198. The van der Waals surface area contributed by atoms with E-state index in [2.05, 4.69) is 39.3 Å². The summed E-state index contributed by atoms with van der Waals surface area (Å²) in [6, 6.07) is 17.8.